The number of nitrogens with zero attached hydrogens (tertiary/aromatic N) is 2. The number of rotatable bonds is 6. The second-order valence-electron chi connectivity index (χ2n) is 6.68. The van der Waals surface area contributed by atoms with Crippen molar-refractivity contribution < 1.29 is 9.18 Å². The Labute approximate surface area is 153 Å². The molecule has 0 atom stereocenters. The zero-order valence-corrected chi connectivity index (χ0v) is 15.4. The normalized spacial score (nSPS) is 11.1. The zero-order valence-electron chi connectivity index (χ0n) is 15.4. The number of likely N-dealkylation sites (N-methyl/N-ethyl adjacent to an activating group) is 1. The zero-order chi connectivity index (χ0) is 18.7. The molecular weight excluding hydrogens is 327 g/mol. The first-order valence-electron chi connectivity index (χ1n) is 8.66. The standard InChI is InChI=1S/C22H23FN2O/c1-16-13-21(17(2)25(16)20-11-9-19(23)10-12-20)22(26)15-24(3)14-18-7-5-4-6-8-18/h4-13H,14-15H2,1-3H3. The molecule has 4 heteroatoms. The summed E-state index contributed by atoms with van der Waals surface area (Å²) in [7, 11) is 1.95. The van der Waals surface area contributed by atoms with Crippen molar-refractivity contribution in [2.75, 3.05) is 13.6 Å². The number of aromatic nitrogens is 1. The molecular formula is C22H23FN2O. The number of aryl methyl sites for hydroxylation is 1. The Morgan fingerprint density at radius 1 is 1.04 bits per heavy atom. The van der Waals surface area contributed by atoms with Gasteiger partial charge in [0.2, 0.25) is 0 Å². The SMILES string of the molecule is Cc1cc(C(=O)CN(C)Cc2ccccc2)c(C)n1-c1ccc(F)cc1. The Morgan fingerprint density at radius 3 is 2.35 bits per heavy atom. The van der Waals surface area contributed by atoms with Gasteiger partial charge < -0.3 is 4.57 Å². The summed E-state index contributed by atoms with van der Waals surface area (Å²) >= 11 is 0. The summed E-state index contributed by atoms with van der Waals surface area (Å²) in [4.78, 5) is 14.8. The van der Waals surface area contributed by atoms with Gasteiger partial charge in [0.15, 0.2) is 5.78 Å². The molecule has 3 nitrogen and oxygen atoms in total. The van der Waals surface area contributed by atoms with Crippen molar-refractivity contribution in [1.82, 2.24) is 9.47 Å². The molecule has 0 radical (unpaired) electrons. The number of hydrogen-bond acceptors (Lipinski definition) is 2. The van der Waals surface area contributed by atoms with E-state index in [1.165, 1.54) is 17.7 Å². The van der Waals surface area contributed by atoms with E-state index in [2.05, 4.69) is 12.1 Å². The first-order chi connectivity index (χ1) is 12.5. The molecule has 3 rings (SSSR count). The Balaban J connectivity index is 1.78. The monoisotopic (exact) mass is 350 g/mol. The number of halogens is 1. The van der Waals surface area contributed by atoms with E-state index in [4.69, 9.17) is 0 Å². The van der Waals surface area contributed by atoms with E-state index in [-0.39, 0.29) is 11.6 Å². The van der Waals surface area contributed by atoms with Gasteiger partial charge in [-0.2, -0.15) is 0 Å². The molecule has 0 amide bonds. The average molecular weight is 350 g/mol. The smallest absolute Gasteiger partial charge is 0.178 e. The third kappa shape index (κ3) is 3.92. The van der Waals surface area contributed by atoms with E-state index in [1.54, 1.807) is 12.1 Å². The highest BCUT2D eigenvalue weighted by molar-refractivity contribution is 5.99. The number of Topliss-reactive ketones (excluding diaryl/α,β-unsaturated/α-hetero) is 1. The predicted octanol–water partition coefficient (Wildman–Crippen LogP) is 4.55. The number of ketones is 1. The molecule has 1 heterocycles. The van der Waals surface area contributed by atoms with Gasteiger partial charge in [-0.1, -0.05) is 30.3 Å². The molecule has 0 saturated carbocycles. The summed E-state index contributed by atoms with van der Waals surface area (Å²) in [5.74, 6) is -0.181. The first-order valence-corrected chi connectivity index (χ1v) is 8.66. The molecule has 0 saturated heterocycles. The minimum atomic E-state index is -0.268. The fourth-order valence-corrected chi connectivity index (χ4v) is 3.31. The molecule has 134 valence electrons. The van der Waals surface area contributed by atoms with Crippen LogP contribution in [0, 0.1) is 19.7 Å². The molecule has 0 aliphatic heterocycles. The van der Waals surface area contributed by atoms with Gasteiger partial charge in [0.05, 0.1) is 6.54 Å². The molecule has 3 aromatic rings. The Hall–Kier alpha value is -2.72. The molecule has 0 spiro atoms. The van der Waals surface area contributed by atoms with Crippen LogP contribution in [0.1, 0.15) is 27.3 Å². The lowest BCUT2D eigenvalue weighted by Crippen LogP contribution is -2.25. The van der Waals surface area contributed by atoms with E-state index in [0.29, 0.717) is 12.1 Å². The maximum atomic E-state index is 13.2. The van der Waals surface area contributed by atoms with Crippen LogP contribution in [0.2, 0.25) is 0 Å². The van der Waals surface area contributed by atoms with Crippen molar-refractivity contribution in [2.45, 2.75) is 20.4 Å². The maximum absolute atomic E-state index is 13.2. The van der Waals surface area contributed by atoms with Crippen molar-refractivity contribution in [3.05, 3.63) is 89.0 Å². The van der Waals surface area contributed by atoms with Crippen LogP contribution in [0.5, 0.6) is 0 Å². The van der Waals surface area contributed by atoms with Crippen LogP contribution >= 0.6 is 0 Å². The summed E-state index contributed by atoms with van der Waals surface area (Å²) in [6.07, 6.45) is 0. The molecule has 0 unspecified atom stereocenters. The van der Waals surface area contributed by atoms with Crippen LogP contribution in [0.15, 0.2) is 60.7 Å². The van der Waals surface area contributed by atoms with Crippen LogP contribution in [-0.2, 0) is 6.54 Å². The van der Waals surface area contributed by atoms with Gasteiger partial charge in [-0.25, -0.2) is 4.39 Å². The number of hydrogen-bond donors (Lipinski definition) is 0. The van der Waals surface area contributed by atoms with Gasteiger partial charge in [-0.3, -0.25) is 9.69 Å². The lowest BCUT2D eigenvalue weighted by atomic mass is 10.1. The van der Waals surface area contributed by atoms with E-state index >= 15 is 0 Å². The lowest BCUT2D eigenvalue weighted by molar-refractivity contribution is 0.0942. The predicted molar refractivity (Wildman–Crippen MR) is 102 cm³/mol. The lowest BCUT2D eigenvalue weighted by Gasteiger charge is -2.16. The molecule has 1 aromatic heterocycles. The van der Waals surface area contributed by atoms with Gasteiger partial charge in [-0.05, 0) is 56.8 Å². The Bertz CT molecular complexity index is 898. The highest BCUT2D eigenvalue weighted by atomic mass is 19.1. The fraction of sp³-hybridized carbons (Fsp3) is 0.227. The minimum Gasteiger partial charge on any atom is -0.318 e. The van der Waals surface area contributed by atoms with Crippen molar-refractivity contribution in [3.63, 3.8) is 0 Å². The summed E-state index contributed by atoms with van der Waals surface area (Å²) in [6, 6.07) is 18.3. The topological polar surface area (TPSA) is 25.2 Å². The summed E-state index contributed by atoms with van der Waals surface area (Å²) in [6.45, 7) is 4.97. The van der Waals surface area contributed by atoms with Crippen molar-refractivity contribution in [2.24, 2.45) is 0 Å². The fourth-order valence-electron chi connectivity index (χ4n) is 3.31. The summed E-state index contributed by atoms with van der Waals surface area (Å²) in [5.41, 5.74) is 4.60. The van der Waals surface area contributed by atoms with Gasteiger partial charge in [0, 0.05) is 29.2 Å². The van der Waals surface area contributed by atoms with E-state index in [9.17, 15) is 9.18 Å². The van der Waals surface area contributed by atoms with Crippen LogP contribution < -0.4 is 0 Å². The van der Waals surface area contributed by atoms with Gasteiger partial charge in [-0.15, -0.1) is 0 Å². The Morgan fingerprint density at radius 2 is 1.69 bits per heavy atom. The molecule has 0 N–H and O–H groups in total. The molecule has 0 bridgehead atoms. The maximum Gasteiger partial charge on any atom is 0.178 e. The van der Waals surface area contributed by atoms with Crippen molar-refractivity contribution >= 4 is 5.78 Å². The van der Waals surface area contributed by atoms with E-state index in [0.717, 1.165) is 23.6 Å². The summed E-state index contributed by atoms with van der Waals surface area (Å²) in [5, 5.41) is 0. The number of benzene rings is 2. The first kappa shape index (κ1) is 18.1. The van der Waals surface area contributed by atoms with Gasteiger partial charge in [0.25, 0.3) is 0 Å². The van der Waals surface area contributed by atoms with Crippen LogP contribution in [0.25, 0.3) is 5.69 Å². The molecule has 2 aromatic carbocycles. The number of carbonyl (C=O) groups is 1. The Kier molecular flexibility index (Phi) is 5.33. The minimum absolute atomic E-state index is 0.0879. The van der Waals surface area contributed by atoms with E-state index in [1.807, 2.05) is 54.6 Å². The molecule has 0 aliphatic carbocycles. The highest BCUT2D eigenvalue weighted by Crippen LogP contribution is 2.22. The molecule has 0 fully saturated rings. The second kappa shape index (κ2) is 7.67. The second-order valence-corrected chi connectivity index (χ2v) is 6.68. The average Bonchev–Trinajstić information content (AvgIpc) is 2.91. The molecule has 26 heavy (non-hydrogen) atoms. The van der Waals surface area contributed by atoms with Crippen molar-refractivity contribution in [1.29, 1.82) is 0 Å². The highest BCUT2D eigenvalue weighted by Gasteiger charge is 2.18. The third-order valence-corrected chi connectivity index (χ3v) is 4.53. The van der Waals surface area contributed by atoms with E-state index < -0.39 is 0 Å². The van der Waals surface area contributed by atoms with Crippen LogP contribution in [0.3, 0.4) is 0 Å². The summed E-state index contributed by atoms with van der Waals surface area (Å²) < 4.78 is 15.2. The van der Waals surface area contributed by atoms with Crippen LogP contribution in [-0.4, -0.2) is 28.8 Å². The van der Waals surface area contributed by atoms with Gasteiger partial charge >= 0.3 is 0 Å². The van der Waals surface area contributed by atoms with Gasteiger partial charge in [0.1, 0.15) is 5.82 Å². The third-order valence-electron chi connectivity index (χ3n) is 4.53. The molecule has 0 aliphatic rings. The number of carbonyl (C=O) groups excluding carboxylic acids is 1. The quantitative estimate of drug-likeness (QED) is 0.610. The largest absolute Gasteiger partial charge is 0.318 e. The van der Waals surface area contributed by atoms with Crippen molar-refractivity contribution in [3.8, 4) is 5.69 Å². The van der Waals surface area contributed by atoms with Crippen LogP contribution in [0.4, 0.5) is 4.39 Å².